The molecule has 0 bridgehead atoms. The van der Waals surface area contributed by atoms with Gasteiger partial charge in [-0.2, -0.15) is 0 Å². The van der Waals surface area contributed by atoms with Gasteiger partial charge in [-0.1, -0.05) is 72.8 Å². The first-order valence-corrected chi connectivity index (χ1v) is 10.2. The van der Waals surface area contributed by atoms with Gasteiger partial charge in [0.05, 0.1) is 6.61 Å². The molecule has 0 aromatic heterocycles. The fraction of sp³-hybridized carbons (Fsp3) is 0.0909. The van der Waals surface area contributed by atoms with E-state index in [0.29, 0.717) is 11.5 Å². The molecule has 0 aliphatic carbocycles. The summed E-state index contributed by atoms with van der Waals surface area (Å²) in [4.78, 5) is 0. The Labute approximate surface area is 157 Å². The number of phosphoric ester groups is 1. The van der Waals surface area contributed by atoms with Crippen molar-refractivity contribution in [2.75, 3.05) is 6.61 Å². The minimum absolute atomic E-state index is 0.201. The summed E-state index contributed by atoms with van der Waals surface area (Å²) in [5.74, 6) is 0.926. The lowest BCUT2D eigenvalue weighted by Crippen LogP contribution is -2.05. The Morgan fingerprint density at radius 1 is 0.667 bits per heavy atom. The molecule has 0 aliphatic heterocycles. The first kappa shape index (κ1) is 17.6. The molecule has 0 aliphatic rings. The maximum Gasteiger partial charge on any atom is 0.587 e. The average Bonchev–Trinajstić information content (AvgIpc) is 2.69. The molecule has 0 unspecified atom stereocenters. The van der Waals surface area contributed by atoms with E-state index < -0.39 is 7.82 Å². The van der Waals surface area contributed by atoms with Crippen molar-refractivity contribution in [2.45, 2.75) is 6.92 Å². The Morgan fingerprint density at radius 2 is 1.11 bits per heavy atom. The molecule has 5 heteroatoms. The van der Waals surface area contributed by atoms with E-state index in [1.165, 1.54) is 0 Å². The highest BCUT2D eigenvalue weighted by atomic mass is 31.2. The Hall–Kier alpha value is -2.81. The molecule has 0 spiro atoms. The molecule has 4 aromatic rings. The van der Waals surface area contributed by atoms with Crippen molar-refractivity contribution in [2.24, 2.45) is 0 Å². The van der Waals surface area contributed by atoms with E-state index in [-0.39, 0.29) is 6.61 Å². The molecule has 0 radical (unpaired) electrons. The fourth-order valence-corrected chi connectivity index (χ4v) is 4.28. The van der Waals surface area contributed by atoms with Crippen molar-refractivity contribution in [3.8, 4) is 11.5 Å². The van der Waals surface area contributed by atoms with Crippen LogP contribution in [-0.2, 0) is 9.09 Å². The van der Waals surface area contributed by atoms with Crippen LogP contribution in [0.1, 0.15) is 6.92 Å². The standard InChI is InChI=1S/C22H19O4P/c1-2-24-27(23,25-21-15-7-11-17-9-3-5-13-19(17)21)26-22-16-8-12-18-10-4-6-14-20(18)22/h3-16H,2H2,1H3. The topological polar surface area (TPSA) is 44.8 Å². The van der Waals surface area contributed by atoms with E-state index in [1.807, 2.05) is 72.8 Å². The summed E-state index contributed by atoms with van der Waals surface area (Å²) in [7, 11) is -3.87. The number of rotatable bonds is 6. The zero-order valence-corrected chi connectivity index (χ0v) is 15.8. The zero-order chi connectivity index (χ0) is 18.7. The maximum atomic E-state index is 13.4. The van der Waals surface area contributed by atoms with Crippen molar-refractivity contribution in [1.82, 2.24) is 0 Å². The lowest BCUT2D eigenvalue weighted by atomic mass is 10.1. The largest absolute Gasteiger partial charge is 0.587 e. The van der Waals surface area contributed by atoms with E-state index in [2.05, 4.69) is 0 Å². The van der Waals surface area contributed by atoms with Crippen molar-refractivity contribution >= 4 is 29.4 Å². The second-order valence-electron chi connectivity index (χ2n) is 6.00. The molecule has 0 heterocycles. The highest BCUT2D eigenvalue weighted by molar-refractivity contribution is 7.49. The highest BCUT2D eigenvalue weighted by Gasteiger charge is 2.31. The predicted octanol–water partition coefficient (Wildman–Crippen LogP) is 6.60. The van der Waals surface area contributed by atoms with Crippen LogP contribution in [0.3, 0.4) is 0 Å². The van der Waals surface area contributed by atoms with Crippen LogP contribution in [0.15, 0.2) is 84.9 Å². The molecule has 0 fully saturated rings. The highest BCUT2D eigenvalue weighted by Crippen LogP contribution is 2.51. The van der Waals surface area contributed by atoms with Crippen LogP contribution in [0.25, 0.3) is 21.5 Å². The molecule has 0 saturated heterocycles. The van der Waals surface area contributed by atoms with Gasteiger partial charge in [-0.25, -0.2) is 4.57 Å². The second-order valence-corrected chi connectivity index (χ2v) is 7.52. The van der Waals surface area contributed by atoms with Gasteiger partial charge in [-0.15, -0.1) is 0 Å². The van der Waals surface area contributed by atoms with Crippen LogP contribution in [0.2, 0.25) is 0 Å². The van der Waals surface area contributed by atoms with Gasteiger partial charge in [-0.3, -0.25) is 4.52 Å². The molecular weight excluding hydrogens is 359 g/mol. The van der Waals surface area contributed by atoms with Crippen LogP contribution in [0, 0.1) is 0 Å². The van der Waals surface area contributed by atoms with Gasteiger partial charge >= 0.3 is 7.82 Å². The van der Waals surface area contributed by atoms with E-state index >= 15 is 0 Å². The third kappa shape index (κ3) is 3.68. The smallest absolute Gasteiger partial charge is 0.394 e. The predicted molar refractivity (Wildman–Crippen MR) is 108 cm³/mol. The van der Waals surface area contributed by atoms with Gasteiger partial charge in [0.1, 0.15) is 11.5 Å². The van der Waals surface area contributed by atoms with Crippen molar-refractivity contribution in [3.05, 3.63) is 84.9 Å². The second kappa shape index (κ2) is 7.43. The first-order valence-electron chi connectivity index (χ1n) is 8.78. The van der Waals surface area contributed by atoms with Gasteiger partial charge in [0.2, 0.25) is 0 Å². The summed E-state index contributed by atoms with van der Waals surface area (Å²) >= 11 is 0. The zero-order valence-electron chi connectivity index (χ0n) is 14.9. The monoisotopic (exact) mass is 378 g/mol. The van der Waals surface area contributed by atoms with Gasteiger partial charge in [-0.05, 0) is 29.8 Å². The molecule has 0 amide bonds. The Kier molecular flexibility index (Phi) is 4.85. The first-order chi connectivity index (χ1) is 13.2. The van der Waals surface area contributed by atoms with Gasteiger partial charge in [0.15, 0.2) is 0 Å². The summed E-state index contributed by atoms with van der Waals surface area (Å²) < 4.78 is 30.5. The average molecular weight is 378 g/mol. The lowest BCUT2D eigenvalue weighted by Gasteiger charge is -2.20. The molecule has 0 N–H and O–H groups in total. The Balaban J connectivity index is 1.73. The number of hydrogen-bond donors (Lipinski definition) is 0. The lowest BCUT2D eigenvalue weighted by molar-refractivity contribution is 0.221. The molecule has 0 atom stereocenters. The summed E-state index contributed by atoms with van der Waals surface area (Å²) in [5, 5.41) is 3.68. The van der Waals surface area contributed by atoms with E-state index in [9.17, 15) is 4.57 Å². The number of fused-ring (bicyclic) bond motifs is 2. The summed E-state index contributed by atoms with van der Waals surface area (Å²) in [6.45, 7) is 1.96. The minimum atomic E-state index is -3.87. The van der Waals surface area contributed by atoms with E-state index in [1.54, 1.807) is 19.1 Å². The number of hydrogen-bond acceptors (Lipinski definition) is 4. The van der Waals surface area contributed by atoms with Crippen LogP contribution in [0.5, 0.6) is 11.5 Å². The van der Waals surface area contributed by atoms with Gasteiger partial charge in [0.25, 0.3) is 0 Å². The molecular formula is C22H19O4P. The fourth-order valence-electron chi connectivity index (χ4n) is 3.02. The summed E-state index contributed by atoms with van der Waals surface area (Å²) in [5.41, 5.74) is 0. The Morgan fingerprint density at radius 3 is 1.59 bits per heavy atom. The maximum absolute atomic E-state index is 13.4. The third-order valence-corrected chi connectivity index (χ3v) is 5.62. The van der Waals surface area contributed by atoms with Crippen LogP contribution >= 0.6 is 7.82 Å². The van der Waals surface area contributed by atoms with Crippen molar-refractivity contribution in [1.29, 1.82) is 0 Å². The molecule has 0 saturated carbocycles. The Bertz CT molecular complexity index is 1040. The summed E-state index contributed by atoms with van der Waals surface area (Å²) in [6, 6.07) is 26.7. The quantitative estimate of drug-likeness (QED) is 0.355. The van der Waals surface area contributed by atoms with Crippen LogP contribution < -0.4 is 9.05 Å². The minimum Gasteiger partial charge on any atom is -0.394 e. The molecule has 4 rings (SSSR count). The van der Waals surface area contributed by atoms with Crippen LogP contribution in [-0.4, -0.2) is 6.61 Å². The van der Waals surface area contributed by atoms with Crippen LogP contribution in [0.4, 0.5) is 0 Å². The molecule has 136 valence electrons. The van der Waals surface area contributed by atoms with Gasteiger partial charge in [0, 0.05) is 10.8 Å². The SMILES string of the molecule is CCOP(=O)(Oc1cccc2ccccc12)Oc1cccc2ccccc12. The third-order valence-electron chi connectivity index (χ3n) is 4.21. The van der Waals surface area contributed by atoms with E-state index in [0.717, 1.165) is 21.5 Å². The number of benzene rings is 4. The van der Waals surface area contributed by atoms with Crippen molar-refractivity contribution in [3.63, 3.8) is 0 Å². The number of phosphoric acid groups is 1. The van der Waals surface area contributed by atoms with Gasteiger partial charge < -0.3 is 9.05 Å². The van der Waals surface area contributed by atoms with Crippen molar-refractivity contribution < 1.29 is 18.1 Å². The molecule has 27 heavy (non-hydrogen) atoms. The van der Waals surface area contributed by atoms with E-state index in [4.69, 9.17) is 13.6 Å². The summed E-state index contributed by atoms with van der Waals surface area (Å²) in [6.07, 6.45) is 0. The molecule has 4 nitrogen and oxygen atoms in total. The normalized spacial score (nSPS) is 11.6. The molecule has 4 aromatic carbocycles.